The van der Waals surface area contributed by atoms with Gasteiger partial charge in [0.15, 0.2) is 0 Å². The van der Waals surface area contributed by atoms with Crippen LogP contribution >= 0.6 is 0 Å². The molecule has 0 aliphatic carbocycles. The molecule has 0 amide bonds. The Labute approximate surface area is 224 Å². The smallest absolute Gasteiger partial charge is 0.455 e. The van der Waals surface area contributed by atoms with Crippen LogP contribution in [0.3, 0.4) is 0 Å². The number of para-hydroxylation sites is 4. The zero-order valence-electron chi connectivity index (χ0n) is 20.9. The van der Waals surface area contributed by atoms with Crippen LogP contribution in [0.1, 0.15) is 0 Å². The summed E-state index contributed by atoms with van der Waals surface area (Å²) in [6, 6.07) is 41.5. The Hall–Kier alpha value is -5.16. The highest BCUT2D eigenvalue weighted by Gasteiger charge is 2.45. The van der Waals surface area contributed by atoms with E-state index in [0.717, 1.165) is 27.5 Å². The van der Waals surface area contributed by atoms with Crippen molar-refractivity contribution in [2.24, 2.45) is 0 Å². The molecule has 0 saturated heterocycles. The molecule has 3 aromatic heterocycles. The second-order valence-corrected chi connectivity index (χ2v) is 10.6. The van der Waals surface area contributed by atoms with E-state index in [-0.39, 0.29) is 7.12 Å². The molecule has 0 saturated carbocycles. The Morgan fingerprint density at radius 3 is 2.36 bits per heavy atom. The lowest BCUT2D eigenvalue weighted by molar-refractivity contribution is 0.670. The van der Waals surface area contributed by atoms with E-state index in [9.17, 15) is 0 Å². The molecule has 8 aromatic rings. The summed E-state index contributed by atoms with van der Waals surface area (Å²) < 4.78 is 11.4. The van der Waals surface area contributed by atoms with E-state index in [1.807, 2.05) is 6.07 Å². The Kier molecular flexibility index (Phi) is 3.48. The first-order valence-electron chi connectivity index (χ1n) is 13.4. The second-order valence-electron chi connectivity index (χ2n) is 10.6. The predicted molar refractivity (Wildman–Crippen MR) is 161 cm³/mol. The van der Waals surface area contributed by atoms with Crippen LogP contribution in [0.4, 0.5) is 11.4 Å². The van der Waals surface area contributed by atoms with Crippen LogP contribution in [0.15, 0.2) is 126 Å². The largest absolute Gasteiger partial charge is 0.518 e. The number of hydrogen-bond acceptors (Lipinski definition) is 2. The second kappa shape index (κ2) is 6.83. The van der Waals surface area contributed by atoms with Gasteiger partial charge in [-0.25, -0.2) is 0 Å². The van der Waals surface area contributed by atoms with Gasteiger partial charge >= 0.3 is 7.12 Å². The maximum atomic E-state index is 6.48. The van der Waals surface area contributed by atoms with E-state index in [1.54, 1.807) is 0 Å². The predicted octanol–water partition coefficient (Wildman–Crippen LogP) is 8.68. The van der Waals surface area contributed by atoms with E-state index >= 15 is 0 Å². The molecule has 180 valence electrons. The van der Waals surface area contributed by atoms with Gasteiger partial charge in [-0.1, -0.05) is 72.8 Å². The average molecular weight is 497 g/mol. The topological polar surface area (TPSA) is 26.2 Å². The van der Waals surface area contributed by atoms with Crippen LogP contribution in [0.2, 0.25) is 0 Å². The highest BCUT2D eigenvalue weighted by atomic mass is 16.3. The van der Waals surface area contributed by atoms with Crippen molar-refractivity contribution < 1.29 is 4.42 Å². The molecule has 0 fully saturated rings. The van der Waals surface area contributed by atoms with Gasteiger partial charge in [0.1, 0.15) is 11.2 Å². The summed E-state index contributed by atoms with van der Waals surface area (Å²) >= 11 is 0. The Morgan fingerprint density at radius 2 is 1.38 bits per heavy atom. The van der Waals surface area contributed by atoms with Crippen molar-refractivity contribution >= 4 is 62.2 Å². The molecule has 0 atom stereocenters. The zero-order valence-corrected chi connectivity index (χ0v) is 20.9. The van der Waals surface area contributed by atoms with Gasteiger partial charge in [0.05, 0.1) is 11.2 Å². The summed E-state index contributed by atoms with van der Waals surface area (Å²) in [6.45, 7) is 0. The lowest BCUT2D eigenvalue weighted by atomic mass is 9.83. The van der Waals surface area contributed by atoms with Crippen molar-refractivity contribution in [3.63, 3.8) is 0 Å². The first kappa shape index (κ1) is 19.9. The summed E-state index contributed by atoms with van der Waals surface area (Å²) in [4.78, 5) is 2.51. The normalized spacial score (nSPS) is 13.5. The number of nitrogens with zero attached hydrogens (tertiary/aromatic N) is 3. The van der Waals surface area contributed by atoms with Gasteiger partial charge in [-0.3, -0.25) is 0 Å². The van der Waals surface area contributed by atoms with E-state index in [1.165, 1.54) is 50.0 Å². The van der Waals surface area contributed by atoms with Crippen molar-refractivity contribution in [3.8, 4) is 22.4 Å². The highest BCUT2D eigenvalue weighted by Crippen LogP contribution is 2.51. The lowest BCUT2D eigenvalue weighted by Crippen LogP contribution is -2.47. The number of furan rings is 1. The molecule has 4 nitrogen and oxygen atoms in total. The Morgan fingerprint density at radius 1 is 0.590 bits per heavy atom. The van der Waals surface area contributed by atoms with Gasteiger partial charge in [-0.15, -0.1) is 0 Å². The van der Waals surface area contributed by atoms with Gasteiger partial charge in [0.25, 0.3) is 0 Å². The molecule has 0 bridgehead atoms. The monoisotopic (exact) mass is 497 g/mol. The van der Waals surface area contributed by atoms with Crippen LogP contribution in [0.5, 0.6) is 0 Å². The van der Waals surface area contributed by atoms with Crippen molar-refractivity contribution in [2.45, 2.75) is 0 Å². The fraction of sp³-hybridized carbons (Fsp3) is 0. The summed E-state index contributed by atoms with van der Waals surface area (Å²) in [6.07, 6.45) is 2.21. The van der Waals surface area contributed by atoms with Gasteiger partial charge in [-0.2, -0.15) is 0 Å². The summed E-state index contributed by atoms with van der Waals surface area (Å²) in [5.74, 6) is 0. The number of hydrogen-bond donors (Lipinski definition) is 0. The molecule has 0 spiro atoms. The zero-order chi connectivity index (χ0) is 25.2. The summed E-state index contributed by atoms with van der Waals surface area (Å²) in [5.41, 5.74) is 11.6. The SMILES string of the molecule is c1ccc2c(c1)-c1cccn1B1N2c2cc(-c3cccc4c3oc3ccccc34)cc3c4ccccc4n1c23. The quantitative estimate of drug-likeness (QED) is 0.212. The summed E-state index contributed by atoms with van der Waals surface area (Å²) in [7, 11) is -0.000423. The number of fused-ring (bicyclic) bond motifs is 14. The molecule has 5 aromatic carbocycles. The van der Waals surface area contributed by atoms with Crippen LogP contribution in [0.25, 0.3) is 66.1 Å². The highest BCUT2D eigenvalue weighted by molar-refractivity contribution is 6.68. The van der Waals surface area contributed by atoms with Crippen molar-refractivity contribution in [2.75, 3.05) is 4.81 Å². The molecule has 5 heteroatoms. The van der Waals surface area contributed by atoms with Crippen molar-refractivity contribution in [1.82, 2.24) is 8.96 Å². The number of aromatic nitrogens is 2. The molecule has 5 heterocycles. The Balaban J connectivity index is 1.35. The third-order valence-electron chi connectivity index (χ3n) is 8.69. The minimum absolute atomic E-state index is 0.000423. The van der Waals surface area contributed by atoms with Crippen LogP contribution in [0, 0.1) is 0 Å². The Bertz CT molecular complexity index is 2320. The first-order chi connectivity index (χ1) is 19.4. The van der Waals surface area contributed by atoms with Crippen LogP contribution in [-0.4, -0.2) is 16.1 Å². The molecule has 10 rings (SSSR count). The number of rotatable bonds is 1. The first-order valence-corrected chi connectivity index (χ1v) is 13.4. The van der Waals surface area contributed by atoms with Gasteiger partial charge in [0.2, 0.25) is 0 Å². The molecule has 2 aliphatic heterocycles. The van der Waals surface area contributed by atoms with E-state index in [4.69, 9.17) is 4.42 Å². The minimum Gasteiger partial charge on any atom is -0.455 e. The molecule has 2 aliphatic rings. The van der Waals surface area contributed by atoms with Crippen molar-refractivity contribution in [1.29, 1.82) is 0 Å². The third-order valence-corrected chi connectivity index (χ3v) is 8.69. The molecule has 0 N–H and O–H groups in total. The van der Waals surface area contributed by atoms with Crippen LogP contribution < -0.4 is 4.81 Å². The standard InChI is InChI=1S/C34H20BN3O/c1-4-14-29-23(9-1)27-19-21(22-12-7-13-25-24-10-3-6-17-32(24)39-34(22)25)20-31-33(27)38(29)35-36-18-8-16-28(36)26-11-2-5-15-30(26)37(31)35/h1-20H. The van der Waals surface area contributed by atoms with Gasteiger partial charge < -0.3 is 18.2 Å². The van der Waals surface area contributed by atoms with Crippen LogP contribution in [-0.2, 0) is 0 Å². The number of anilines is 2. The van der Waals surface area contributed by atoms with Crippen molar-refractivity contribution in [3.05, 3.63) is 121 Å². The van der Waals surface area contributed by atoms with Gasteiger partial charge in [-0.05, 0) is 54.2 Å². The minimum atomic E-state index is -0.000423. The third kappa shape index (κ3) is 2.33. The molecule has 0 radical (unpaired) electrons. The molecular formula is C34H20BN3O. The van der Waals surface area contributed by atoms with E-state index < -0.39 is 0 Å². The maximum Gasteiger partial charge on any atom is 0.518 e. The number of benzene rings is 5. The fourth-order valence-electron chi connectivity index (χ4n) is 7.13. The lowest BCUT2D eigenvalue weighted by Gasteiger charge is -2.34. The molecule has 0 unspecified atom stereocenters. The maximum absolute atomic E-state index is 6.48. The molecular weight excluding hydrogens is 477 g/mol. The van der Waals surface area contributed by atoms with Gasteiger partial charge in [0, 0.05) is 49.6 Å². The van der Waals surface area contributed by atoms with E-state index in [2.05, 4.69) is 129 Å². The fourth-order valence-corrected chi connectivity index (χ4v) is 7.13. The van der Waals surface area contributed by atoms with E-state index in [0.29, 0.717) is 0 Å². The molecule has 39 heavy (non-hydrogen) atoms. The summed E-state index contributed by atoms with van der Waals surface area (Å²) in [5, 5.41) is 4.85. The average Bonchev–Trinajstić information content (AvgIpc) is 3.76.